The number of hydrogen-bond acceptors (Lipinski definition) is 4. The molecule has 0 fully saturated rings. The van der Waals surface area contributed by atoms with Crippen molar-refractivity contribution in [3.05, 3.63) is 94.8 Å². The van der Waals surface area contributed by atoms with E-state index in [0.717, 1.165) is 5.56 Å². The number of amides is 2. The molecule has 0 spiro atoms. The van der Waals surface area contributed by atoms with Gasteiger partial charge in [0.2, 0.25) is 0 Å². The molecule has 0 radical (unpaired) electrons. The molecule has 3 aromatic rings. The molecule has 3 aromatic carbocycles. The van der Waals surface area contributed by atoms with Gasteiger partial charge in [0.15, 0.2) is 0 Å². The van der Waals surface area contributed by atoms with Gasteiger partial charge in [-0.15, -0.1) is 0 Å². The second-order valence-electron chi connectivity index (χ2n) is 6.11. The quantitative estimate of drug-likeness (QED) is 0.354. The highest BCUT2D eigenvalue weighted by Crippen LogP contribution is 2.18. The fourth-order valence-corrected chi connectivity index (χ4v) is 2.55. The Hall–Kier alpha value is -3.71. The predicted molar refractivity (Wildman–Crippen MR) is 113 cm³/mol. The molecule has 0 aliphatic heterocycles. The molecule has 0 aliphatic rings. The maximum Gasteiger partial charge on any atom is 0.329 e. The average Bonchev–Trinajstić information content (AvgIpc) is 2.75. The standard InChI is InChI=1S/C22H17ClFN3O3/c23-20-4-2-1-3-16(20)14-30-19-11-5-15(6-12-19)13-25-27-22(29)21(28)26-18-9-7-17(24)8-10-18/h1-13H,14H2,(H,26,28)(H,27,29)/b25-13+. The van der Waals surface area contributed by atoms with Gasteiger partial charge < -0.3 is 10.1 Å². The molecule has 0 aromatic heterocycles. The van der Waals surface area contributed by atoms with Crippen LogP contribution in [0.3, 0.4) is 0 Å². The Morgan fingerprint density at radius 2 is 1.67 bits per heavy atom. The van der Waals surface area contributed by atoms with E-state index in [9.17, 15) is 14.0 Å². The van der Waals surface area contributed by atoms with Crippen LogP contribution in [0.25, 0.3) is 0 Å². The van der Waals surface area contributed by atoms with Crippen LogP contribution in [0.15, 0.2) is 77.9 Å². The van der Waals surface area contributed by atoms with E-state index < -0.39 is 17.6 Å². The molecule has 0 aliphatic carbocycles. The van der Waals surface area contributed by atoms with Gasteiger partial charge >= 0.3 is 11.8 Å². The van der Waals surface area contributed by atoms with Crippen molar-refractivity contribution >= 4 is 35.3 Å². The number of carbonyl (C=O) groups is 2. The lowest BCUT2D eigenvalue weighted by Gasteiger charge is -2.07. The number of rotatable bonds is 6. The Morgan fingerprint density at radius 1 is 0.967 bits per heavy atom. The van der Waals surface area contributed by atoms with Crippen molar-refractivity contribution in [2.45, 2.75) is 6.61 Å². The monoisotopic (exact) mass is 425 g/mol. The third-order valence-electron chi connectivity index (χ3n) is 3.92. The van der Waals surface area contributed by atoms with Crippen LogP contribution in [0.1, 0.15) is 11.1 Å². The molecule has 0 heterocycles. The molecule has 152 valence electrons. The van der Waals surface area contributed by atoms with Gasteiger partial charge in [-0.2, -0.15) is 5.10 Å². The summed E-state index contributed by atoms with van der Waals surface area (Å²) in [7, 11) is 0. The maximum absolute atomic E-state index is 12.8. The van der Waals surface area contributed by atoms with Gasteiger partial charge in [0.05, 0.1) is 6.21 Å². The number of nitrogens with one attached hydrogen (secondary N) is 2. The van der Waals surface area contributed by atoms with Crippen molar-refractivity contribution in [1.29, 1.82) is 0 Å². The van der Waals surface area contributed by atoms with Gasteiger partial charge in [-0.3, -0.25) is 9.59 Å². The van der Waals surface area contributed by atoms with E-state index in [-0.39, 0.29) is 0 Å². The minimum absolute atomic E-state index is 0.299. The molecular formula is C22H17ClFN3O3. The Kier molecular flexibility index (Phi) is 7.13. The molecule has 0 unspecified atom stereocenters. The number of halogens is 2. The van der Waals surface area contributed by atoms with Crippen molar-refractivity contribution in [1.82, 2.24) is 5.43 Å². The Bertz CT molecular complexity index is 1050. The fourth-order valence-electron chi connectivity index (χ4n) is 2.36. The average molecular weight is 426 g/mol. The van der Waals surface area contributed by atoms with E-state index in [0.29, 0.717) is 28.6 Å². The molecule has 6 nitrogen and oxygen atoms in total. The van der Waals surface area contributed by atoms with Crippen molar-refractivity contribution in [2.24, 2.45) is 5.10 Å². The van der Waals surface area contributed by atoms with Gasteiger partial charge in [-0.25, -0.2) is 9.82 Å². The third-order valence-corrected chi connectivity index (χ3v) is 4.29. The van der Waals surface area contributed by atoms with Crippen molar-refractivity contribution in [2.75, 3.05) is 5.32 Å². The first-order valence-corrected chi connectivity index (χ1v) is 9.25. The van der Waals surface area contributed by atoms with Crippen LogP contribution >= 0.6 is 11.6 Å². The lowest BCUT2D eigenvalue weighted by Crippen LogP contribution is -2.32. The number of ether oxygens (including phenoxy) is 1. The van der Waals surface area contributed by atoms with Gasteiger partial charge in [-0.1, -0.05) is 29.8 Å². The minimum atomic E-state index is -0.949. The van der Waals surface area contributed by atoms with Gasteiger partial charge in [0.25, 0.3) is 0 Å². The van der Waals surface area contributed by atoms with E-state index in [1.54, 1.807) is 30.3 Å². The number of benzene rings is 3. The largest absolute Gasteiger partial charge is 0.489 e. The van der Waals surface area contributed by atoms with Crippen LogP contribution in [-0.2, 0) is 16.2 Å². The summed E-state index contributed by atoms with van der Waals surface area (Å²) in [6.07, 6.45) is 1.39. The molecule has 0 atom stereocenters. The lowest BCUT2D eigenvalue weighted by molar-refractivity contribution is -0.136. The van der Waals surface area contributed by atoms with Crippen LogP contribution in [0.5, 0.6) is 5.75 Å². The van der Waals surface area contributed by atoms with E-state index >= 15 is 0 Å². The summed E-state index contributed by atoms with van der Waals surface area (Å²) in [6.45, 7) is 0.340. The number of anilines is 1. The minimum Gasteiger partial charge on any atom is -0.489 e. The smallest absolute Gasteiger partial charge is 0.329 e. The molecule has 30 heavy (non-hydrogen) atoms. The van der Waals surface area contributed by atoms with Crippen LogP contribution < -0.4 is 15.5 Å². The molecule has 3 rings (SSSR count). The summed E-state index contributed by atoms with van der Waals surface area (Å²) in [5.41, 5.74) is 4.00. The number of carbonyl (C=O) groups excluding carboxylic acids is 2. The Morgan fingerprint density at radius 3 is 2.37 bits per heavy atom. The highest BCUT2D eigenvalue weighted by Gasteiger charge is 2.12. The number of nitrogens with zero attached hydrogens (tertiary/aromatic N) is 1. The van der Waals surface area contributed by atoms with Crippen LogP contribution in [-0.4, -0.2) is 18.0 Å². The van der Waals surface area contributed by atoms with Crippen LogP contribution in [0.4, 0.5) is 10.1 Å². The maximum atomic E-state index is 12.8. The zero-order valence-corrected chi connectivity index (χ0v) is 16.4. The van der Waals surface area contributed by atoms with E-state index in [2.05, 4.69) is 15.8 Å². The van der Waals surface area contributed by atoms with E-state index in [4.69, 9.17) is 16.3 Å². The van der Waals surface area contributed by atoms with Gasteiger partial charge in [-0.05, 0) is 60.2 Å². The summed E-state index contributed by atoms with van der Waals surface area (Å²) in [6, 6.07) is 19.5. The second-order valence-corrected chi connectivity index (χ2v) is 6.52. The summed E-state index contributed by atoms with van der Waals surface area (Å²) >= 11 is 6.10. The zero-order chi connectivity index (χ0) is 21.3. The second kappa shape index (κ2) is 10.2. The van der Waals surface area contributed by atoms with Crippen LogP contribution in [0.2, 0.25) is 5.02 Å². The highest BCUT2D eigenvalue weighted by molar-refractivity contribution is 6.39. The molecule has 2 N–H and O–H groups in total. The van der Waals surface area contributed by atoms with Crippen molar-refractivity contribution in [3.8, 4) is 5.75 Å². The SMILES string of the molecule is O=C(N/N=C/c1ccc(OCc2ccccc2Cl)cc1)C(=O)Nc1ccc(F)cc1. The Balaban J connectivity index is 1.47. The topological polar surface area (TPSA) is 79.8 Å². The number of hydrogen-bond donors (Lipinski definition) is 2. The normalized spacial score (nSPS) is 10.6. The number of hydrazone groups is 1. The zero-order valence-electron chi connectivity index (χ0n) is 15.6. The predicted octanol–water partition coefficient (Wildman–Crippen LogP) is 4.15. The first kappa shape index (κ1) is 21.0. The van der Waals surface area contributed by atoms with Gasteiger partial charge in [0, 0.05) is 16.3 Å². The van der Waals surface area contributed by atoms with Crippen molar-refractivity contribution < 1.29 is 18.7 Å². The summed E-state index contributed by atoms with van der Waals surface area (Å²) in [5, 5.41) is 6.73. The lowest BCUT2D eigenvalue weighted by atomic mass is 10.2. The summed E-state index contributed by atoms with van der Waals surface area (Å²) in [5.74, 6) is -1.66. The third kappa shape index (κ3) is 6.15. The summed E-state index contributed by atoms with van der Waals surface area (Å²) < 4.78 is 18.5. The molecule has 2 amide bonds. The highest BCUT2D eigenvalue weighted by atomic mass is 35.5. The molecule has 8 heteroatoms. The summed E-state index contributed by atoms with van der Waals surface area (Å²) in [4.78, 5) is 23.5. The molecule has 0 saturated carbocycles. The van der Waals surface area contributed by atoms with E-state index in [1.807, 2.05) is 18.2 Å². The molecular weight excluding hydrogens is 409 g/mol. The van der Waals surface area contributed by atoms with Crippen LogP contribution in [0, 0.1) is 5.82 Å². The first-order chi connectivity index (χ1) is 14.5. The fraction of sp³-hybridized carbons (Fsp3) is 0.0455. The van der Waals surface area contributed by atoms with Gasteiger partial charge in [0.1, 0.15) is 18.2 Å². The molecule has 0 saturated heterocycles. The first-order valence-electron chi connectivity index (χ1n) is 8.87. The Labute approximate surface area is 177 Å². The van der Waals surface area contributed by atoms with Crippen molar-refractivity contribution in [3.63, 3.8) is 0 Å². The van der Waals surface area contributed by atoms with E-state index in [1.165, 1.54) is 30.5 Å². The molecule has 0 bridgehead atoms.